The van der Waals surface area contributed by atoms with Gasteiger partial charge in [0.05, 0.1) is 5.56 Å². The number of pyridine rings is 1. The van der Waals surface area contributed by atoms with Crippen molar-refractivity contribution >= 4 is 29.1 Å². The quantitative estimate of drug-likeness (QED) is 0.648. The fourth-order valence-corrected chi connectivity index (χ4v) is 2.52. The number of ketones is 1. The Kier molecular flexibility index (Phi) is 2.83. The number of carbonyl (C=O) groups is 2. The molecular weight excluding hydrogens is 276 g/mol. The highest BCUT2D eigenvalue weighted by Crippen LogP contribution is 2.39. The van der Waals surface area contributed by atoms with Crippen LogP contribution in [0.1, 0.15) is 21.6 Å². The number of anilines is 1. The van der Waals surface area contributed by atoms with Crippen molar-refractivity contribution in [3.05, 3.63) is 59.3 Å². The van der Waals surface area contributed by atoms with E-state index in [0.717, 1.165) is 5.69 Å². The molecule has 100 valence electrons. The number of fused-ring (bicyclic) bond motifs is 1. The lowest BCUT2D eigenvalue weighted by Gasteiger charge is -2.30. The molecule has 4 nitrogen and oxygen atoms in total. The van der Waals surface area contributed by atoms with E-state index in [1.165, 1.54) is 0 Å². The normalized spacial score (nSPS) is 21.3. The number of carbonyl (C=O) groups excluding carboxylic acids is 2. The van der Waals surface area contributed by atoms with Gasteiger partial charge in [-0.3, -0.25) is 9.59 Å². The molecule has 1 aromatic carbocycles. The highest BCUT2D eigenvalue weighted by atomic mass is 35.5. The molecule has 0 aliphatic carbocycles. The van der Waals surface area contributed by atoms with Gasteiger partial charge in [-0.15, -0.1) is 0 Å². The second-order valence-electron chi connectivity index (χ2n) is 4.66. The fraction of sp³-hybridized carbons (Fsp3) is 0.133. The number of benzene rings is 1. The molecule has 0 radical (unpaired) electrons. The molecule has 1 atom stereocenters. The molecule has 0 saturated carbocycles. The highest BCUT2D eigenvalue weighted by molar-refractivity contribution is 6.51. The molecule has 0 spiro atoms. The molecule has 0 bridgehead atoms. The SMILES string of the molecule is Cc1ccc2c(n1)NC(=O)C(Cl)(c1ccccc1)C2=O. The van der Waals surface area contributed by atoms with Gasteiger partial charge in [-0.2, -0.15) is 0 Å². The minimum absolute atomic E-state index is 0.271. The van der Waals surface area contributed by atoms with Gasteiger partial charge in [-0.25, -0.2) is 4.98 Å². The Morgan fingerprint density at radius 2 is 1.80 bits per heavy atom. The van der Waals surface area contributed by atoms with Gasteiger partial charge in [0, 0.05) is 5.69 Å². The van der Waals surface area contributed by atoms with Crippen LogP contribution in [0.3, 0.4) is 0 Å². The van der Waals surface area contributed by atoms with Crippen molar-refractivity contribution in [1.29, 1.82) is 0 Å². The third-order valence-corrected chi connectivity index (χ3v) is 3.87. The van der Waals surface area contributed by atoms with Gasteiger partial charge >= 0.3 is 0 Å². The average Bonchev–Trinajstić information content (AvgIpc) is 2.45. The number of rotatable bonds is 1. The summed E-state index contributed by atoms with van der Waals surface area (Å²) in [5.41, 5.74) is 1.50. The summed E-state index contributed by atoms with van der Waals surface area (Å²) in [7, 11) is 0. The Bertz CT molecular complexity index is 715. The number of halogens is 1. The smallest absolute Gasteiger partial charge is 0.259 e. The number of alkyl halides is 1. The number of hydrogen-bond acceptors (Lipinski definition) is 3. The Hall–Kier alpha value is -2.20. The number of aromatic nitrogens is 1. The molecule has 1 N–H and O–H groups in total. The Morgan fingerprint density at radius 1 is 1.10 bits per heavy atom. The van der Waals surface area contributed by atoms with E-state index >= 15 is 0 Å². The minimum atomic E-state index is -1.73. The second-order valence-corrected chi connectivity index (χ2v) is 5.22. The van der Waals surface area contributed by atoms with Crippen LogP contribution in [0.5, 0.6) is 0 Å². The third-order valence-electron chi connectivity index (χ3n) is 3.31. The molecule has 1 aliphatic rings. The van der Waals surface area contributed by atoms with Crippen LogP contribution in [-0.4, -0.2) is 16.7 Å². The number of Topliss-reactive ketones (excluding diaryl/α,β-unsaturated/α-hetero) is 1. The first-order chi connectivity index (χ1) is 9.53. The van der Waals surface area contributed by atoms with E-state index in [9.17, 15) is 9.59 Å². The van der Waals surface area contributed by atoms with E-state index in [1.807, 2.05) is 0 Å². The predicted molar refractivity (Wildman–Crippen MR) is 75.9 cm³/mol. The molecule has 1 amide bonds. The van der Waals surface area contributed by atoms with Crippen molar-refractivity contribution in [2.75, 3.05) is 5.32 Å². The van der Waals surface area contributed by atoms with Crippen molar-refractivity contribution < 1.29 is 9.59 Å². The monoisotopic (exact) mass is 286 g/mol. The van der Waals surface area contributed by atoms with Gasteiger partial charge in [0.2, 0.25) is 10.7 Å². The zero-order valence-electron chi connectivity index (χ0n) is 10.7. The van der Waals surface area contributed by atoms with Crippen LogP contribution in [0, 0.1) is 6.92 Å². The molecule has 0 saturated heterocycles. The Morgan fingerprint density at radius 3 is 2.50 bits per heavy atom. The molecule has 5 heteroatoms. The van der Waals surface area contributed by atoms with Crippen LogP contribution in [0.15, 0.2) is 42.5 Å². The largest absolute Gasteiger partial charge is 0.308 e. The number of nitrogens with one attached hydrogen (secondary N) is 1. The number of aryl methyl sites for hydroxylation is 1. The first-order valence-corrected chi connectivity index (χ1v) is 6.49. The standard InChI is InChI=1S/C15H11ClN2O2/c1-9-7-8-11-12(19)15(16,10-5-3-2-4-6-10)14(20)18-13(11)17-9/h2-8H,1H3,(H,17,18,20). The van der Waals surface area contributed by atoms with Crippen LogP contribution in [0.4, 0.5) is 5.82 Å². The molecule has 2 heterocycles. The van der Waals surface area contributed by atoms with Crippen LogP contribution < -0.4 is 5.32 Å². The van der Waals surface area contributed by atoms with Gasteiger partial charge in [-0.05, 0) is 24.6 Å². The molecule has 3 rings (SSSR count). The summed E-state index contributed by atoms with van der Waals surface area (Å²) in [5.74, 6) is -0.746. The lowest BCUT2D eigenvalue weighted by Crippen LogP contribution is -2.46. The summed E-state index contributed by atoms with van der Waals surface area (Å²) in [6.07, 6.45) is 0. The molecule has 1 unspecified atom stereocenters. The van der Waals surface area contributed by atoms with E-state index < -0.39 is 16.6 Å². The molecular formula is C15H11ClN2O2. The zero-order valence-corrected chi connectivity index (χ0v) is 11.4. The van der Waals surface area contributed by atoms with E-state index in [-0.39, 0.29) is 5.82 Å². The summed E-state index contributed by atoms with van der Waals surface area (Å²) >= 11 is 6.38. The number of amides is 1. The number of hydrogen-bond donors (Lipinski definition) is 1. The lowest BCUT2D eigenvalue weighted by molar-refractivity contribution is -0.118. The first-order valence-electron chi connectivity index (χ1n) is 6.12. The van der Waals surface area contributed by atoms with E-state index in [2.05, 4.69) is 10.3 Å². The van der Waals surface area contributed by atoms with Gasteiger partial charge in [0.15, 0.2) is 0 Å². The second kappa shape index (κ2) is 4.42. The Balaban J connectivity index is 2.18. The first kappa shape index (κ1) is 12.8. The highest BCUT2D eigenvalue weighted by Gasteiger charge is 2.50. The van der Waals surface area contributed by atoms with Crippen molar-refractivity contribution in [1.82, 2.24) is 4.98 Å². The third kappa shape index (κ3) is 1.72. The van der Waals surface area contributed by atoms with Crippen molar-refractivity contribution in [3.63, 3.8) is 0 Å². The van der Waals surface area contributed by atoms with E-state index in [4.69, 9.17) is 11.6 Å². The van der Waals surface area contributed by atoms with Gasteiger partial charge in [0.1, 0.15) is 5.82 Å². The molecule has 20 heavy (non-hydrogen) atoms. The van der Waals surface area contributed by atoms with E-state index in [1.54, 1.807) is 49.4 Å². The number of nitrogens with zero attached hydrogens (tertiary/aromatic N) is 1. The molecule has 1 aromatic heterocycles. The summed E-state index contributed by atoms with van der Waals surface area (Å²) in [5, 5.41) is 2.62. The van der Waals surface area contributed by atoms with Crippen LogP contribution in [0.25, 0.3) is 0 Å². The van der Waals surface area contributed by atoms with Crippen molar-refractivity contribution in [3.8, 4) is 0 Å². The summed E-state index contributed by atoms with van der Waals surface area (Å²) in [6.45, 7) is 1.79. The van der Waals surface area contributed by atoms with Gasteiger partial charge in [-0.1, -0.05) is 41.9 Å². The fourth-order valence-electron chi connectivity index (χ4n) is 2.25. The van der Waals surface area contributed by atoms with Gasteiger partial charge < -0.3 is 5.32 Å². The van der Waals surface area contributed by atoms with Crippen molar-refractivity contribution in [2.45, 2.75) is 11.8 Å². The maximum absolute atomic E-state index is 12.6. The van der Waals surface area contributed by atoms with Gasteiger partial charge in [0.25, 0.3) is 5.91 Å². The lowest BCUT2D eigenvalue weighted by atomic mass is 9.86. The van der Waals surface area contributed by atoms with Crippen molar-refractivity contribution in [2.24, 2.45) is 0 Å². The predicted octanol–water partition coefficient (Wildman–Crippen LogP) is 2.66. The molecule has 2 aromatic rings. The maximum atomic E-state index is 12.6. The van der Waals surface area contributed by atoms with Crippen LogP contribution >= 0.6 is 11.6 Å². The molecule has 1 aliphatic heterocycles. The summed E-state index contributed by atoms with van der Waals surface area (Å²) in [4.78, 5) is 27.4. The van der Waals surface area contributed by atoms with Crippen LogP contribution in [0.2, 0.25) is 0 Å². The molecule has 0 fully saturated rings. The summed E-state index contributed by atoms with van der Waals surface area (Å²) < 4.78 is 0. The zero-order chi connectivity index (χ0) is 14.3. The van der Waals surface area contributed by atoms with E-state index in [0.29, 0.717) is 11.1 Å². The van der Waals surface area contributed by atoms with Crippen LogP contribution in [-0.2, 0) is 9.67 Å². The minimum Gasteiger partial charge on any atom is -0.308 e. The maximum Gasteiger partial charge on any atom is 0.259 e. The topological polar surface area (TPSA) is 59.1 Å². The summed E-state index contributed by atoms with van der Waals surface area (Å²) in [6, 6.07) is 12.0. The Labute approximate surface area is 120 Å². The average molecular weight is 287 g/mol.